The fraction of sp³-hybridized carbons (Fsp3) is 1.00. The maximum absolute atomic E-state index is 2.34. The Kier molecular flexibility index (Phi) is 13.3. The lowest BCUT2D eigenvalue weighted by Gasteiger charge is -2.09. The van der Waals surface area contributed by atoms with Crippen molar-refractivity contribution < 1.29 is 0 Å². The van der Waals surface area contributed by atoms with Gasteiger partial charge >= 0.3 is 0 Å². The Balaban J connectivity index is 0. The van der Waals surface area contributed by atoms with Crippen molar-refractivity contribution in [3.63, 3.8) is 0 Å². The predicted octanol–water partition coefficient (Wildman–Crippen LogP) is 4.89. The van der Waals surface area contributed by atoms with Crippen LogP contribution in [0.25, 0.3) is 0 Å². The highest BCUT2D eigenvalue weighted by molar-refractivity contribution is 4.52. The van der Waals surface area contributed by atoms with Crippen molar-refractivity contribution in [3.8, 4) is 0 Å². The largest absolute Gasteiger partial charge is 0.0656 e. The second-order valence-corrected chi connectivity index (χ2v) is 4.19. The van der Waals surface area contributed by atoms with Gasteiger partial charge in [0.2, 0.25) is 0 Å². The van der Waals surface area contributed by atoms with Crippen molar-refractivity contribution >= 4 is 0 Å². The standard InChI is InChI=1S/C9H20.C3H8/c1-5-9(4)7-6-8(2)3;1-3-2/h8-9H,5-7H2,1-4H3;3H2,1-2H3. The van der Waals surface area contributed by atoms with Gasteiger partial charge < -0.3 is 0 Å². The van der Waals surface area contributed by atoms with Crippen LogP contribution in [0.2, 0.25) is 0 Å². The minimum Gasteiger partial charge on any atom is -0.0656 e. The Labute approximate surface area is 79.8 Å². The van der Waals surface area contributed by atoms with Crippen molar-refractivity contribution in [1.29, 1.82) is 0 Å². The lowest BCUT2D eigenvalue weighted by Crippen LogP contribution is -1.95. The van der Waals surface area contributed by atoms with E-state index in [0.717, 1.165) is 11.8 Å². The van der Waals surface area contributed by atoms with Gasteiger partial charge in [0.25, 0.3) is 0 Å². The molecule has 0 spiro atoms. The summed E-state index contributed by atoms with van der Waals surface area (Å²) in [6.07, 6.45) is 5.40. The van der Waals surface area contributed by atoms with Gasteiger partial charge in [-0.3, -0.25) is 0 Å². The Morgan fingerprint density at radius 2 is 1.25 bits per heavy atom. The molecule has 0 heteroatoms. The van der Waals surface area contributed by atoms with Crippen molar-refractivity contribution in [3.05, 3.63) is 0 Å². The quantitative estimate of drug-likeness (QED) is 0.566. The average Bonchev–Trinajstić information content (AvgIpc) is 2.01. The van der Waals surface area contributed by atoms with E-state index < -0.39 is 0 Å². The van der Waals surface area contributed by atoms with E-state index in [9.17, 15) is 0 Å². The molecule has 0 rings (SSSR count). The number of hydrogen-bond donors (Lipinski definition) is 0. The fourth-order valence-corrected chi connectivity index (χ4v) is 0.822. The van der Waals surface area contributed by atoms with Crippen LogP contribution in [0.3, 0.4) is 0 Å². The summed E-state index contributed by atoms with van der Waals surface area (Å²) in [6.45, 7) is 13.4. The van der Waals surface area contributed by atoms with Crippen molar-refractivity contribution in [1.82, 2.24) is 0 Å². The molecule has 0 saturated heterocycles. The highest BCUT2D eigenvalue weighted by Crippen LogP contribution is 2.13. The maximum atomic E-state index is 2.34. The van der Waals surface area contributed by atoms with Crippen LogP contribution in [0.1, 0.15) is 67.2 Å². The molecule has 0 N–H and O–H groups in total. The molecule has 1 unspecified atom stereocenters. The summed E-state index contributed by atoms with van der Waals surface area (Å²) in [5.41, 5.74) is 0. The van der Waals surface area contributed by atoms with Crippen LogP contribution in [0.15, 0.2) is 0 Å². The second kappa shape index (κ2) is 11.0. The predicted molar refractivity (Wildman–Crippen MR) is 59.5 cm³/mol. The van der Waals surface area contributed by atoms with Gasteiger partial charge in [-0.15, -0.1) is 0 Å². The molecule has 0 aromatic heterocycles. The van der Waals surface area contributed by atoms with Gasteiger partial charge in [-0.1, -0.05) is 67.2 Å². The van der Waals surface area contributed by atoms with Crippen LogP contribution in [-0.2, 0) is 0 Å². The number of rotatable bonds is 4. The van der Waals surface area contributed by atoms with Gasteiger partial charge in [-0.2, -0.15) is 0 Å². The molecule has 0 nitrogen and oxygen atoms in total. The minimum absolute atomic E-state index is 0.888. The zero-order chi connectivity index (χ0) is 9.98. The first kappa shape index (κ1) is 14.5. The molecule has 0 aliphatic carbocycles. The third-order valence-electron chi connectivity index (χ3n) is 1.93. The lowest BCUT2D eigenvalue weighted by atomic mass is 9.98. The van der Waals surface area contributed by atoms with Crippen molar-refractivity contribution in [2.75, 3.05) is 0 Å². The zero-order valence-electron chi connectivity index (χ0n) is 9.98. The second-order valence-electron chi connectivity index (χ2n) is 4.19. The minimum atomic E-state index is 0.888. The first-order chi connectivity index (χ1) is 5.58. The number of hydrogen-bond acceptors (Lipinski definition) is 0. The van der Waals surface area contributed by atoms with Gasteiger partial charge in [-0.25, -0.2) is 0 Å². The van der Waals surface area contributed by atoms with Crippen LogP contribution in [-0.4, -0.2) is 0 Å². The van der Waals surface area contributed by atoms with Crippen LogP contribution in [0.4, 0.5) is 0 Å². The maximum Gasteiger partial charge on any atom is -0.0445 e. The molecule has 0 aromatic rings. The summed E-state index contributed by atoms with van der Waals surface area (Å²) in [4.78, 5) is 0. The molecule has 0 aromatic carbocycles. The zero-order valence-corrected chi connectivity index (χ0v) is 9.98. The van der Waals surface area contributed by atoms with Crippen LogP contribution in [0.5, 0.6) is 0 Å². The Morgan fingerprint density at radius 3 is 1.50 bits per heavy atom. The van der Waals surface area contributed by atoms with E-state index in [1.807, 2.05) is 0 Å². The monoisotopic (exact) mass is 172 g/mol. The van der Waals surface area contributed by atoms with E-state index in [0.29, 0.717) is 0 Å². The lowest BCUT2D eigenvalue weighted by molar-refractivity contribution is 0.441. The van der Waals surface area contributed by atoms with E-state index in [1.54, 1.807) is 0 Å². The highest BCUT2D eigenvalue weighted by atomic mass is 14.1. The first-order valence-electron chi connectivity index (χ1n) is 5.58. The molecule has 0 saturated carbocycles. The highest BCUT2D eigenvalue weighted by Gasteiger charge is 1.99. The molecule has 0 bridgehead atoms. The normalized spacial score (nSPS) is 12.2. The molecule has 0 aliphatic rings. The summed E-state index contributed by atoms with van der Waals surface area (Å²) >= 11 is 0. The van der Waals surface area contributed by atoms with Crippen molar-refractivity contribution in [2.45, 2.75) is 67.2 Å². The van der Waals surface area contributed by atoms with Gasteiger partial charge in [0.1, 0.15) is 0 Å². The molecule has 1 atom stereocenters. The van der Waals surface area contributed by atoms with Crippen LogP contribution >= 0.6 is 0 Å². The summed E-state index contributed by atoms with van der Waals surface area (Å²) in [6, 6.07) is 0. The topological polar surface area (TPSA) is 0 Å². The van der Waals surface area contributed by atoms with E-state index in [4.69, 9.17) is 0 Å². The Bertz CT molecular complexity index is 64.4. The molecule has 76 valence electrons. The molecule has 12 heavy (non-hydrogen) atoms. The van der Waals surface area contributed by atoms with Crippen LogP contribution < -0.4 is 0 Å². The smallest absolute Gasteiger partial charge is 0.0445 e. The van der Waals surface area contributed by atoms with Crippen LogP contribution in [0, 0.1) is 11.8 Å². The molecular formula is C12H28. The fourth-order valence-electron chi connectivity index (χ4n) is 0.822. The molecule has 0 heterocycles. The summed E-state index contributed by atoms with van der Waals surface area (Å²) in [5, 5.41) is 0. The molecular weight excluding hydrogens is 144 g/mol. The van der Waals surface area contributed by atoms with E-state index in [-0.39, 0.29) is 0 Å². The SMILES string of the molecule is CCC.CCC(C)CCC(C)C. The van der Waals surface area contributed by atoms with Gasteiger partial charge in [0.15, 0.2) is 0 Å². The molecule has 0 fully saturated rings. The van der Waals surface area contributed by atoms with Gasteiger partial charge in [0, 0.05) is 0 Å². The Hall–Kier alpha value is 0. The van der Waals surface area contributed by atoms with Gasteiger partial charge in [-0.05, 0) is 11.8 Å². The van der Waals surface area contributed by atoms with Gasteiger partial charge in [0.05, 0.1) is 0 Å². The third kappa shape index (κ3) is 16.5. The third-order valence-corrected chi connectivity index (χ3v) is 1.93. The average molecular weight is 172 g/mol. The van der Waals surface area contributed by atoms with Crippen molar-refractivity contribution in [2.24, 2.45) is 11.8 Å². The van der Waals surface area contributed by atoms with E-state index in [2.05, 4.69) is 41.5 Å². The summed E-state index contributed by atoms with van der Waals surface area (Å²) < 4.78 is 0. The Morgan fingerprint density at radius 1 is 0.833 bits per heavy atom. The molecule has 0 amide bonds. The van der Waals surface area contributed by atoms with E-state index in [1.165, 1.54) is 25.7 Å². The summed E-state index contributed by atoms with van der Waals surface area (Å²) in [5.74, 6) is 1.83. The molecule has 0 radical (unpaired) electrons. The van der Waals surface area contributed by atoms with E-state index >= 15 is 0 Å². The first-order valence-corrected chi connectivity index (χ1v) is 5.58. The molecule has 0 aliphatic heterocycles. The summed E-state index contributed by atoms with van der Waals surface area (Å²) in [7, 11) is 0.